The number of aryl methyl sites for hydroxylation is 2. The van der Waals surface area contributed by atoms with E-state index in [1.54, 1.807) is 19.9 Å². The zero-order valence-electron chi connectivity index (χ0n) is 9.92. The number of aromatic nitrogens is 2. The molecule has 0 unspecified atom stereocenters. The number of nitrogen functional groups attached to an aromatic ring is 1. The Morgan fingerprint density at radius 3 is 2.33 bits per heavy atom. The second-order valence-electron chi connectivity index (χ2n) is 4.11. The molecule has 18 heavy (non-hydrogen) atoms. The molecule has 0 aliphatic rings. The van der Waals surface area contributed by atoms with Gasteiger partial charge in [-0.05, 0) is 38.1 Å². The van der Waals surface area contributed by atoms with E-state index in [-0.39, 0.29) is 11.4 Å². The second-order valence-corrected chi connectivity index (χ2v) is 4.11. The minimum atomic E-state index is -4.39. The zero-order valence-corrected chi connectivity index (χ0v) is 9.92. The van der Waals surface area contributed by atoms with E-state index in [0.29, 0.717) is 0 Å². The average Bonchev–Trinajstić information content (AvgIpc) is 2.56. The van der Waals surface area contributed by atoms with Crippen LogP contribution in [0.5, 0.6) is 0 Å². The molecule has 0 bridgehead atoms. The van der Waals surface area contributed by atoms with E-state index >= 15 is 0 Å². The number of hydrogen-bond acceptors (Lipinski definition) is 2. The largest absolute Gasteiger partial charge is 0.416 e. The smallest absolute Gasteiger partial charge is 0.397 e. The minimum Gasteiger partial charge on any atom is -0.397 e. The number of nitrogens with zero attached hydrogens (tertiary/aromatic N) is 2. The van der Waals surface area contributed by atoms with Crippen molar-refractivity contribution >= 4 is 5.69 Å². The van der Waals surface area contributed by atoms with Gasteiger partial charge in [0, 0.05) is 5.69 Å². The number of nitrogens with two attached hydrogens (primary N) is 1. The first-order valence-electron chi connectivity index (χ1n) is 5.29. The maximum Gasteiger partial charge on any atom is 0.416 e. The van der Waals surface area contributed by atoms with Crippen LogP contribution in [0.2, 0.25) is 0 Å². The minimum absolute atomic E-state index is 0.246. The zero-order chi connectivity index (χ0) is 13.5. The van der Waals surface area contributed by atoms with E-state index in [0.717, 1.165) is 23.5 Å². The molecule has 0 atom stereocenters. The lowest BCUT2D eigenvalue weighted by atomic mass is 10.1. The van der Waals surface area contributed by atoms with Crippen LogP contribution in [-0.4, -0.2) is 9.78 Å². The van der Waals surface area contributed by atoms with Crippen LogP contribution in [0.25, 0.3) is 5.69 Å². The quantitative estimate of drug-likeness (QED) is 0.796. The first-order valence-corrected chi connectivity index (χ1v) is 5.29. The number of hydrogen-bond donors (Lipinski definition) is 1. The standard InChI is InChI=1S/C12H12F3N3/c1-7-5-8(2)18(17-7)11-6-9(12(13,14)15)3-4-10(11)16/h3-6H,16H2,1-2H3. The lowest BCUT2D eigenvalue weighted by Gasteiger charge is -2.12. The first kappa shape index (κ1) is 12.5. The van der Waals surface area contributed by atoms with Crippen molar-refractivity contribution in [2.45, 2.75) is 20.0 Å². The summed E-state index contributed by atoms with van der Waals surface area (Å²) in [5.74, 6) is 0. The van der Waals surface area contributed by atoms with Crippen molar-refractivity contribution in [3.05, 3.63) is 41.2 Å². The molecule has 1 aromatic heterocycles. The van der Waals surface area contributed by atoms with Crippen molar-refractivity contribution in [1.29, 1.82) is 0 Å². The molecule has 1 heterocycles. The number of halogens is 3. The van der Waals surface area contributed by atoms with Gasteiger partial charge >= 0.3 is 6.18 Å². The monoisotopic (exact) mass is 255 g/mol. The maximum atomic E-state index is 12.7. The number of rotatable bonds is 1. The highest BCUT2D eigenvalue weighted by Crippen LogP contribution is 2.32. The van der Waals surface area contributed by atoms with Gasteiger partial charge in [-0.2, -0.15) is 18.3 Å². The number of anilines is 1. The summed E-state index contributed by atoms with van der Waals surface area (Å²) in [6.45, 7) is 3.53. The van der Waals surface area contributed by atoms with Crippen molar-refractivity contribution in [3.63, 3.8) is 0 Å². The fourth-order valence-electron chi connectivity index (χ4n) is 1.78. The molecule has 0 saturated carbocycles. The summed E-state index contributed by atoms with van der Waals surface area (Å²) in [4.78, 5) is 0. The van der Waals surface area contributed by atoms with E-state index in [4.69, 9.17) is 5.73 Å². The van der Waals surface area contributed by atoms with Crippen molar-refractivity contribution in [3.8, 4) is 5.69 Å². The summed E-state index contributed by atoms with van der Waals surface area (Å²) in [6.07, 6.45) is -4.39. The highest BCUT2D eigenvalue weighted by atomic mass is 19.4. The molecule has 0 aliphatic heterocycles. The molecule has 2 rings (SSSR count). The molecule has 0 aliphatic carbocycles. The van der Waals surface area contributed by atoms with Crippen molar-refractivity contribution < 1.29 is 13.2 Å². The molecule has 0 fully saturated rings. The molecule has 6 heteroatoms. The second kappa shape index (κ2) is 4.04. The highest BCUT2D eigenvalue weighted by Gasteiger charge is 2.31. The Kier molecular flexibility index (Phi) is 2.80. The molecule has 1 aromatic carbocycles. The van der Waals surface area contributed by atoms with Crippen LogP contribution in [0.3, 0.4) is 0 Å². The first-order chi connectivity index (χ1) is 8.29. The predicted octanol–water partition coefficient (Wildman–Crippen LogP) is 3.09. The van der Waals surface area contributed by atoms with Crippen molar-refractivity contribution in [1.82, 2.24) is 9.78 Å². The topological polar surface area (TPSA) is 43.8 Å². The molecule has 3 nitrogen and oxygen atoms in total. The van der Waals surface area contributed by atoms with Gasteiger partial charge in [0.2, 0.25) is 0 Å². The van der Waals surface area contributed by atoms with Gasteiger partial charge < -0.3 is 5.73 Å². The molecular weight excluding hydrogens is 243 g/mol. The van der Waals surface area contributed by atoms with Crippen molar-refractivity contribution in [2.24, 2.45) is 0 Å². The summed E-state index contributed by atoms with van der Waals surface area (Å²) < 4.78 is 39.4. The van der Waals surface area contributed by atoms with Gasteiger partial charge in [-0.25, -0.2) is 4.68 Å². The van der Waals surface area contributed by atoms with Crippen LogP contribution >= 0.6 is 0 Å². The number of alkyl halides is 3. The van der Waals surface area contributed by atoms with Crippen LogP contribution in [-0.2, 0) is 6.18 Å². The summed E-state index contributed by atoms with van der Waals surface area (Å²) >= 11 is 0. The van der Waals surface area contributed by atoms with Gasteiger partial charge in [-0.1, -0.05) is 0 Å². The normalized spacial score (nSPS) is 11.8. The summed E-state index contributed by atoms with van der Waals surface area (Å²) in [6, 6.07) is 4.99. The average molecular weight is 255 g/mol. The Morgan fingerprint density at radius 1 is 1.17 bits per heavy atom. The molecule has 96 valence electrons. The Morgan fingerprint density at radius 2 is 1.83 bits per heavy atom. The van der Waals surface area contributed by atoms with Crippen molar-refractivity contribution in [2.75, 3.05) is 5.73 Å². The third-order valence-corrected chi connectivity index (χ3v) is 2.60. The Balaban J connectivity index is 2.60. The van der Waals surface area contributed by atoms with Crippen LogP contribution in [0, 0.1) is 13.8 Å². The molecule has 0 radical (unpaired) electrons. The van der Waals surface area contributed by atoms with E-state index in [1.807, 2.05) is 0 Å². The summed E-state index contributed by atoms with van der Waals surface area (Å²) in [5, 5.41) is 4.13. The maximum absolute atomic E-state index is 12.7. The lowest BCUT2D eigenvalue weighted by Crippen LogP contribution is -2.09. The van der Waals surface area contributed by atoms with Crippen LogP contribution in [0.1, 0.15) is 17.0 Å². The van der Waals surface area contributed by atoms with Gasteiger partial charge in [0.25, 0.3) is 0 Å². The Bertz CT molecular complexity index is 585. The fraction of sp³-hybridized carbons (Fsp3) is 0.250. The molecule has 2 N–H and O–H groups in total. The van der Waals surface area contributed by atoms with Gasteiger partial charge in [0.05, 0.1) is 22.6 Å². The van der Waals surface area contributed by atoms with Crippen LogP contribution in [0.15, 0.2) is 24.3 Å². The molecule has 0 spiro atoms. The summed E-state index contributed by atoms with van der Waals surface area (Å²) in [5.41, 5.74) is 6.94. The lowest BCUT2D eigenvalue weighted by molar-refractivity contribution is -0.137. The van der Waals surface area contributed by atoms with Crippen LogP contribution in [0.4, 0.5) is 18.9 Å². The molecular formula is C12H12F3N3. The van der Waals surface area contributed by atoms with Gasteiger partial charge in [-0.3, -0.25) is 0 Å². The van der Waals surface area contributed by atoms with Gasteiger partial charge in [0.15, 0.2) is 0 Å². The van der Waals surface area contributed by atoms with Gasteiger partial charge in [0.1, 0.15) is 0 Å². The molecule has 0 amide bonds. The highest BCUT2D eigenvalue weighted by molar-refractivity contribution is 5.59. The SMILES string of the molecule is Cc1cc(C)n(-c2cc(C(F)(F)F)ccc2N)n1. The Hall–Kier alpha value is -1.98. The van der Waals surface area contributed by atoms with Crippen LogP contribution < -0.4 is 5.73 Å². The van der Waals surface area contributed by atoms with E-state index in [1.165, 1.54) is 10.7 Å². The summed E-state index contributed by atoms with van der Waals surface area (Å²) in [7, 11) is 0. The third-order valence-electron chi connectivity index (χ3n) is 2.60. The molecule has 2 aromatic rings. The Labute approximate surface area is 102 Å². The fourth-order valence-corrected chi connectivity index (χ4v) is 1.78. The van der Waals surface area contributed by atoms with E-state index in [9.17, 15) is 13.2 Å². The predicted molar refractivity (Wildman–Crippen MR) is 62.5 cm³/mol. The van der Waals surface area contributed by atoms with Gasteiger partial charge in [-0.15, -0.1) is 0 Å². The number of benzene rings is 1. The molecule has 0 saturated heterocycles. The van der Waals surface area contributed by atoms with E-state index < -0.39 is 11.7 Å². The third kappa shape index (κ3) is 2.18. The van der Waals surface area contributed by atoms with E-state index in [2.05, 4.69) is 5.10 Å².